The first-order valence-corrected chi connectivity index (χ1v) is 6.52. The minimum absolute atomic E-state index is 0.328. The quantitative estimate of drug-likeness (QED) is 0.569. The van der Waals surface area contributed by atoms with Gasteiger partial charge < -0.3 is 0 Å². The number of alkyl halides is 1. The third-order valence-corrected chi connectivity index (χ3v) is 4.22. The predicted molar refractivity (Wildman–Crippen MR) is 66.7 cm³/mol. The molecule has 1 rings (SSSR count). The summed E-state index contributed by atoms with van der Waals surface area (Å²) in [5.74, 6) is 0. The average Bonchev–Trinajstić information content (AvgIpc) is 2.26. The van der Waals surface area contributed by atoms with Crippen LogP contribution in [0, 0.1) is 6.92 Å². The second kappa shape index (κ2) is 6.09. The molecule has 0 fully saturated rings. The van der Waals surface area contributed by atoms with E-state index >= 15 is 0 Å². The number of halogens is 1. The number of hydrogen-bond acceptors (Lipinski definition) is 1. The zero-order valence-corrected chi connectivity index (χ0v) is 10.4. The zero-order valence-electron chi connectivity index (χ0n) is 8.78. The van der Waals surface area contributed by atoms with Crippen LogP contribution in [0.2, 0.25) is 0 Å². The normalized spacial score (nSPS) is 14.5. The third kappa shape index (κ3) is 3.80. The van der Waals surface area contributed by atoms with Crippen LogP contribution in [0.5, 0.6) is 0 Å². The molecule has 3 heteroatoms. The molecule has 0 N–H and O–H groups in total. The van der Waals surface area contributed by atoms with Crippen LogP contribution >= 0.6 is 11.6 Å². The van der Waals surface area contributed by atoms with Crippen LogP contribution < -0.4 is 0 Å². The Morgan fingerprint density at radius 1 is 1.47 bits per heavy atom. The van der Waals surface area contributed by atoms with Crippen molar-refractivity contribution in [1.29, 1.82) is 0 Å². The van der Waals surface area contributed by atoms with E-state index in [1.807, 2.05) is 31.2 Å². The summed E-state index contributed by atoms with van der Waals surface area (Å²) in [6.07, 6.45) is 3.29. The summed E-state index contributed by atoms with van der Waals surface area (Å²) in [5, 5.41) is 0. The van der Waals surface area contributed by atoms with Crippen LogP contribution in [-0.2, 0) is 10.8 Å². The molecule has 1 aromatic rings. The van der Waals surface area contributed by atoms with Crippen LogP contribution in [0.1, 0.15) is 18.4 Å². The van der Waals surface area contributed by atoms with E-state index in [1.165, 1.54) is 0 Å². The van der Waals surface area contributed by atoms with Crippen molar-refractivity contribution in [2.24, 2.45) is 0 Å². The summed E-state index contributed by atoms with van der Waals surface area (Å²) in [7, 11) is -1.12. The molecular formula is C12H15ClOS. The first kappa shape index (κ1) is 12.5. The number of allylic oxidation sites excluding steroid dienone is 1. The molecule has 15 heavy (non-hydrogen) atoms. The Labute approximate surface area is 98.6 Å². The lowest BCUT2D eigenvalue weighted by Crippen LogP contribution is -2.07. The maximum atomic E-state index is 11.9. The molecule has 0 amide bonds. The van der Waals surface area contributed by atoms with E-state index in [9.17, 15) is 4.21 Å². The Hall–Kier alpha value is -0.600. The Kier molecular flexibility index (Phi) is 5.06. The second-order valence-electron chi connectivity index (χ2n) is 3.39. The van der Waals surface area contributed by atoms with Crippen molar-refractivity contribution in [2.45, 2.75) is 29.4 Å². The molecule has 0 bridgehead atoms. The fourth-order valence-corrected chi connectivity index (χ4v) is 2.66. The third-order valence-electron chi connectivity index (χ3n) is 2.08. The molecule has 0 aliphatic carbocycles. The lowest BCUT2D eigenvalue weighted by molar-refractivity contribution is 0.677. The van der Waals surface area contributed by atoms with Crippen molar-refractivity contribution in [3.05, 3.63) is 42.5 Å². The Bertz CT molecular complexity index is 345. The SMILES string of the molecule is C=CCCC(Cl)S(=O)c1ccc(C)cc1. The zero-order chi connectivity index (χ0) is 11.3. The van der Waals surface area contributed by atoms with Gasteiger partial charge in [0.1, 0.15) is 4.71 Å². The highest BCUT2D eigenvalue weighted by Crippen LogP contribution is 2.18. The monoisotopic (exact) mass is 242 g/mol. The van der Waals surface area contributed by atoms with Gasteiger partial charge in [0.2, 0.25) is 0 Å². The van der Waals surface area contributed by atoms with Gasteiger partial charge in [-0.25, -0.2) is 0 Å². The van der Waals surface area contributed by atoms with Crippen molar-refractivity contribution >= 4 is 22.4 Å². The summed E-state index contributed by atoms with van der Waals surface area (Å²) in [6.45, 7) is 5.62. The number of aryl methyl sites for hydroxylation is 1. The van der Waals surface area contributed by atoms with E-state index in [0.29, 0.717) is 6.42 Å². The second-order valence-corrected chi connectivity index (χ2v) is 5.81. The van der Waals surface area contributed by atoms with Gasteiger partial charge in [-0.1, -0.05) is 23.8 Å². The van der Waals surface area contributed by atoms with Gasteiger partial charge in [-0.15, -0.1) is 18.2 Å². The van der Waals surface area contributed by atoms with Crippen LogP contribution in [0.4, 0.5) is 0 Å². The topological polar surface area (TPSA) is 17.1 Å². The molecule has 0 aliphatic heterocycles. The van der Waals surface area contributed by atoms with Crippen molar-refractivity contribution in [3.63, 3.8) is 0 Å². The van der Waals surface area contributed by atoms with Crippen LogP contribution in [0.15, 0.2) is 41.8 Å². The Balaban J connectivity index is 2.67. The van der Waals surface area contributed by atoms with Gasteiger partial charge in [0, 0.05) is 4.90 Å². The largest absolute Gasteiger partial charge is 0.253 e. The van der Waals surface area contributed by atoms with E-state index in [-0.39, 0.29) is 4.71 Å². The van der Waals surface area contributed by atoms with Gasteiger partial charge in [-0.2, -0.15) is 0 Å². The smallest absolute Gasteiger partial charge is 0.114 e. The van der Waals surface area contributed by atoms with Crippen molar-refractivity contribution < 1.29 is 4.21 Å². The molecule has 82 valence electrons. The van der Waals surface area contributed by atoms with E-state index in [1.54, 1.807) is 6.08 Å². The summed E-state index contributed by atoms with van der Waals surface area (Å²) < 4.78 is 11.6. The first-order chi connectivity index (χ1) is 7.15. The summed E-state index contributed by atoms with van der Waals surface area (Å²) in [4.78, 5) is 0.796. The molecule has 0 saturated carbocycles. The average molecular weight is 243 g/mol. The standard InChI is InChI=1S/C12H15ClOS/c1-3-4-5-12(13)15(14)11-8-6-10(2)7-9-11/h3,6-9,12H,1,4-5H2,2H3. The molecule has 0 spiro atoms. The van der Waals surface area contributed by atoms with Gasteiger partial charge >= 0.3 is 0 Å². The summed E-state index contributed by atoms with van der Waals surface area (Å²) in [6, 6.07) is 7.64. The Morgan fingerprint density at radius 3 is 2.60 bits per heavy atom. The van der Waals surface area contributed by atoms with Crippen molar-refractivity contribution in [3.8, 4) is 0 Å². The minimum atomic E-state index is -1.12. The van der Waals surface area contributed by atoms with Gasteiger partial charge in [0.05, 0.1) is 10.8 Å². The van der Waals surface area contributed by atoms with E-state index in [2.05, 4.69) is 6.58 Å². The van der Waals surface area contributed by atoms with Gasteiger partial charge in [-0.05, 0) is 31.9 Å². The molecule has 2 atom stereocenters. The van der Waals surface area contributed by atoms with E-state index in [4.69, 9.17) is 11.6 Å². The molecule has 0 heterocycles. The van der Waals surface area contributed by atoms with Crippen LogP contribution in [0.25, 0.3) is 0 Å². The predicted octanol–water partition coefficient (Wildman–Crippen LogP) is 3.63. The molecule has 0 aromatic heterocycles. The highest BCUT2D eigenvalue weighted by atomic mass is 35.5. The van der Waals surface area contributed by atoms with Crippen molar-refractivity contribution in [1.82, 2.24) is 0 Å². The number of benzene rings is 1. The summed E-state index contributed by atoms with van der Waals surface area (Å²) >= 11 is 6.04. The number of hydrogen-bond donors (Lipinski definition) is 0. The lowest BCUT2D eigenvalue weighted by Gasteiger charge is -2.08. The fourth-order valence-electron chi connectivity index (χ4n) is 1.18. The van der Waals surface area contributed by atoms with Crippen LogP contribution in [-0.4, -0.2) is 8.92 Å². The minimum Gasteiger partial charge on any atom is -0.253 e. The summed E-state index contributed by atoms with van der Waals surface area (Å²) in [5.41, 5.74) is 1.16. The maximum Gasteiger partial charge on any atom is 0.114 e. The van der Waals surface area contributed by atoms with Gasteiger partial charge in [0.15, 0.2) is 0 Å². The highest BCUT2D eigenvalue weighted by Gasteiger charge is 2.14. The highest BCUT2D eigenvalue weighted by molar-refractivity contribution is 7.87. The maximum absolute atomic E-state index is 11.9. The molecular weight excluding hydrogens is 228 g/mol. The molecule has 0 saturated heterocycles. The molecule has 0 aliphatic rings. The van der Waals surface area contributed by atoms with Crippen molar-refractivity contribution in [2.75, 3.05) is 0 Å². The first-order valence-electron chi connectivity index (χ1n) is 4.87. The Morgan fingerprint density at radius 2 is 2.07 bits per heavy atom. The van der Waals surface area contributed by atoms with E-state index in [0.717, 1.165) is 16.9 Å². The molecule has 2 unspecified atom stereocenters. The van der Waals surface area contributed by atoms with Crippen LogP contribution in [0.3, 0.4) is 0 Å². The van der Waals surface area contributed by atoms with Gasteiger partial charge in [-0.3, -0.25) is 4.21 Å². The van der Waals surface area contributed by atoms with Gasteiger partial charge in [0.25, 0.3) is 0 Å². The fraction of sp³-hybridized carbons (Fsp3) is 0.333. The number of rotatable bonds is 5. The van der Waals surface area contributed by atoms with E-state index < -0.39 is 10.8 Å². The molecule has 1 aromatic carbocycles. The lowest BCUT2D eigenvalue weighted by atomic mass is 10.2. The molecule has 0 radical (unpaired) electrons. The molecule has 1 nitrogen and oxygen atoms in total.